The molecule has 1 aromatic rings. The maximum absolute atomic E-state index is 13.3. The van der Waals surface area contributed by atoms with Crippen LogP contribution in [-0.4, -0.2) is 23.0 Å². The minimum atomic E-state index is -0.285. The number of halogens is 1. The van der Waals surface area contributed by atoms with E-state index in [4.69, 9.17) is 18.0 Å². The molecule has 1 saturated heterocycles. The van der Waals surface area contributed by atoms with E-state index >= 15 is 0 Å². The van der Waals surface area contributed by atoms with Gasteiger partial charge in [0, 0.05) is 25.2 Å². The molecule has 2 N–H and O–H groups in total. The summed E-state index contributed by atoms with van der Waals surface area (Å²) in [5.74, 6) is 1.13. The lowest BCUT2D eigenvalue weighted by Gasteiger charge is -2.35. The summed E-state index contributed by atoms with van der Waals surface area (Å²) in [5.41, 5.74) is 7.38. The van der Waals surface area contributed by atoms with Crippen molar-refractivity contribution in [2.45, 2.75) is 26.8 Å². The van der Waals surface area contributed by atoms with E-state index in [-0.39, 0.29) is 10.8 Å². The van der Waals surface area contributed by atoms with Crippen molar-refractivity contribution in [1.82, 2.24) is 4.90 Å². The zero-order chi connectivity index (χ0) is 14.0. The molecule has 2 nitrogen and oxygen atoms in total. The maximum atomic E-state index is 13.3. The van der Waals surface area contributed by atoms with Crippen LogP contribution < -0.4 is 5.73 Å². The molecule has 1 heterocycles. The SMILES string of the molecule is CC1CC(C)CN(Cc2ccc(F)cc2C(N)=S)C1. The summed E-state index contributed by atoms with van der Waals surface area (Å²) in [4.78, 5) is 2.68. The van der Waals surface area contributed by atoms with Crippen molar-refractivity contribution >= 4 is 17.2 Å². The Morgan fingerprint density at radius 2 is 2.00 bits per heavy atom. The van der Waals surface area contributed by atoms with E-state index in [9.17, 15) is 4.39 Å². The third-order valence-corrected chi connectivity index (χ3v) is 3.90. The van der Waals surface area contributed by atoms with Crippen LogP contribution in [-0.2, 0) is 6.54 Å². The van der Waals surface area contributed by atoms with Crippen molar-refractivity contribution in [3.8, 4) is 0 Å². The van der Waals surface area contributed by atoms with Gasteiger partial charge in [-0.05, 0) is 36.0 Å². The summed E-state index contributed by atoms with van der Waals surface area (Å²) in [5, 5.41) is 0. The van der Waals surface area contributed by atoms with Crippen LogP contribution in [0, 0.1) is 17.7 Å². The number of benzene rings is 1. The molecule has 1 fully saturated rings. The zero-order valence-electron chi connectivity index (χ0n) is 11.5. The van der Waals surface area contributed by atoms with Gasteiger partial charge >= 0.3 is 0 Å². The first-order chi connectivity index (χ1) is 8.95. The summed E-state index contributed by atoms with van der Waals surface area (Å²) in [6.07, 6.45) is 1.28. The lowest BCUT2D eigenvalue weighted by Crippen LogP contribution is -2.38. The molecule has 0 spiro atoms. The second kappa shape index (κ2) is 5.97. The lowest BCUT2D eigenvalue weighted by atomic mass is 9.91. The van der Waals surface area contributed by atoms with E-state index in [0.717, 1.165) is 25.2 Å². The van der Waals surface area contributed by atoms with Crippen molar-refractivity contribution < 1.29 is 4.39 Å². The Balaban J connectivity index is 2.16. The summed E-state index contributed by atoms with van der Waals surface area (Å²) in [7, 11) is 0. The highest BCUT2D eigenvalue weighted by Gasteiger charge is 2.22. The van der Waals surface area contributed by atoms with E-state index in [2.05, 4.69) is 18.7 Å². The molecule has 2 unspecified atom stereocenters. The lowest BCUT2D eigenvalue weighted by molar-refractivity contribution is 0.134. The Morgan fingerprint density at radius 1 is 1.37 bits per heavy atom. The number of rotatable bonds is 3. The van der Waals surface area contributed by atoms with Gasteiger partial charge in [0.15, 0.2) is 0 Å². The average molecular weight is 280 g/mol. The number of thiocarbonyl (C=S) groups is 1. The minimum absolute atomic E-state index is 0.271. The number of hydrogen-bond donors (Lipinski definition) is 1. The van der Waals surface area contributed by atoms with E-state index in [1.54, 1.807) is 6.07 Å². The first-order valence-electron chi connectivity index (χ1n) is 6.76. The van der Waals surface area contributed by atoms with Crippen molar-refractivity contribution in [3.05, 3.63) is 35.1 Å². The zero-order valence-corrected chi connectivity index (χ0v) is 12.3. The molecule has 1 aliphatic heterocycles. The fraction of sp³-hybridized carbons (Fsp3) is 0.533. The molecular weight excluding hydrogens is 259 g/mol. The molecule has 4 heteroatoms. The van der Waals surface area contributed by atoms with Crippen LogP contribution in [0.15, 0.2) is 18.2 Å². The van der Waals surface area contributed by atoms with Crippen LogP contribution in [0.5, 0.6) is 0 Å². The highest BCUT2D eigenvalue weighted by Crippen LogP contribution is 2.23. The largest absolute Gasteiger partial charge is 0.389 e. The molecule has 2 rings (SSSR count). The van der Waals surface area contributed by atoms with Gasteiger partial charge in [0.05, 0.1) is 0 Å². The molecule has 2 atom stereocenters. The molecule has 1 aromatic carbocycles. The van der Waals surface area contributed by atoms with Crippen molar-refractivity contribution in [2.24, 2.45) is 17.6 Å². The summed E-state index contributed by atoms with van der Waals surface area (Å²) in [6.45, 7) is 7.52. The summed E-state index contributed by atoms with van der Waals surface area (Å²) in [6, 6.07) is 4.72. The molecule has 0 aromatic heterocycles. The van der Waals surface area contributed by atoms with Crippen molar-refractivity contribution in [1.29, 1.82) is 0 Å². The minimum Gasteiger partial charge on any atom is -0.389 e. The van der Waals surface area contributed by atoms with Crippen LogP contribution in [0.3, 0.4) is 0 Å². The first kappa shape index (κ1) is 14.4. The number of likely N-dealkylation sites (tertiary alicyclic amines) is 1. The molecule has 0 amide bonds. The fourth-order valence-corrected chi connectivity index (χ4v) is 3.27. The second-order valence-corrected chi connectivity index (χ2v) is 6.25. The standard InChI is InChI=1S/C15H21FN2S/c1-10-5-11(2)8-18(7-10)9-12-3-4-13(16)6-14(12)15(17)19/h3-4,6,10-11H,5,7-9H2,1-2H3,(H2,17,19). The van der Waals surface area contributed by atoms with Gasteiger partial charge in [0.25, 0.3) is 0 Å². The summed E-state index contributed by atoms with van der Waals surface area (Å²) < 4.78 is 13.3. The molecule has 0 saturated carbocycles. The molecule has 0 aliphatic carbocycles. The predicted octanol–water partition coefficient (Wildman–Crippen LogP) is 2.94. The predicted molar refractivity (Wildman–Crippen MR) is 80.5 cm³/mol. The summed E-state index contributed by atoms with van der Waals surface area (Å²) >= 11 is 5.02. The molecule has 104 valence electrons. The normalized spacial score (nSPS) is 24.4. The number of piperidine rings is 1. The third kappa shape index (κ3) is 3.74. The Labute approximate surface area is 119 Å². The topological polar surface area (TPSA) is 29.3 Å². The third-order valence-electron chi connectivity index (χ3n) is 3.68. The van der Waals surface area contributed by atoms with Gasteiger partial charge in [0.2, 0.25) is 0 Å². The van der Waals surface area contributed by atoms with E-state index in [1.807, 2.05) is 0 Å². The number of nitrogens with zero attached hydrogens (tertiary/aromatic N) is 1. The van der Waals surface area contributed by atoms with Gasteiger partial charge in [-0.1, -0.05) is 32.1 Å². The van der Waals surface area contributed by atoms with Crippen LogP contribution in [0.2, 0.25) is 0 Å². The van der Waals surface area contributed by atoms with Crippen LogP contribution in [0.25, 0.3) is 0 Å². The quantitative estimate of drug-likeness (QED) is 0.863. The van der Waals surface area contributed by atoms with Crippen molar-refractivity contribution in [3.63, 3.8) is 0 Å². The van der Waals surface area contributed by atoms with E-state index < -0.39 is 0 Å². The first-order valence-corrected chi connectivity index (χ1v) is 7.17. The van der Waals surface area contributed by atoms with Crippen molar-refractivity contribution in [2.75, 3.05) is 13.1 Å². The van der Waals surface area contributed by atoms with Gasteiger partial charge in [-0.15, -0.1) is 0 Å². The Hall–Kier alpha value is -1.00. The maximum Gasteiger partial charge on any atom is 0.123 e. The Kier molecular flexibility index (Phi) is 4.53. The van der Waals surface area contributed by atoms with Gasteiger partial charge in [-0.25, -0.2) is 4.39 Å². The van der Waals surface area contributed by atoms with E-state index in [0.29, 0.717) is 17.4 Å². The highest BCUT2D eigenvalue weighted by molar-refractivity contribution is 7.80. The molecule has 0 radical (unpaired) electrons. The molecule has 19 heavy (non-hydrogen) atoms. The second-order valence-electron chi connectivity index (χ2n) is 5.81. The van der Waals surface area contributed by atoms with Gasteiger partial charge < -0.3 is 5.73 Å². The van der Waals surface area contributed by atoms with Gasteiger partial charge in [0.1, 0.15) is 10.8 Å². The van der Waals surface area contributed by atoms with Crippen LogP contribution in [0.1, 0.15) is 31.4 Å². The van der Waals surface area contributed by atoms with Gasteiger partial charge in [-0.3, -0.25) is 4.90 Å². The number of hydrogen-bond acceptors (Lipinski definition) is 2. The average Bonchev–Trinajstić information content (AvgIpc) is 2.30. The Morgan fingerprint density at radius 3 is 2.58 bits per heavy atom. The highest BCUT2D eigenvalue weighted by atomic mass is 32.1. The van der Waals surface area contributed by atoms with Gasteiger partial charge in [-0.2, -0.15) is 0 Å². The fourth-order valence-electron chi connectivity index (χ4n) is 3.08. The molecule has 0 bridgehead atoms. The van der Waals surface area contributed by atoms with Crippen LogP contribution in [0.4, 0.5) is 4.39 Å². The Bertz CT molecular complexity index is 465. The molecular formula is C15H21FN2S. The number of nitrogens with two attached hydrogens (primary N) is 1. The van der Waals surface area contributed by atoms with E-state index in [1.165, 1.54) is 18.6 Å². The van der Waals surface area contributed by atoms with Crippen LogP contribution >= 0.6 is 12.2 Å². The smallest absolute Gasteiger partial charge is 0.123 e. The molecule has 1 aliphatic rings. The monoisotopic (exact) mass is 280 g/mol.